The summed E-state index contributed by atoms with van der Waals surface area (Å²) in [6, 6.07) is 13.6. The normalized spacial score (nSPS) is 21.4. The highest BCUT2D eigenvalue weighted by Crippen LogP contribution is 2.44. The van der Waals surface area contributed by atoms with Crippen LogP contribution in [0.5, 0.6) is 0 Å². The van der Waals surface area contributed by atoms with E-state index in [1.54, 1.807) is 4.90 Å². The number of hydrogen-bond donors (Lipinski definition) is 2. The van der Waals surface area contributed by atoms with Crippen LogP contribution in [0.25, 0.3) is 0 Å². The van der Waals surface area contributed by atoms with Gasteiger partial charge < -0.3 is 15.5 Å². The number of aryl methyl sites for hydroxylation is 2. The number of carbonyl (C=O) groups is 2. The molecule has 1 unspecified atom stereocenters. The minimum absolute atomic E-state index is 0.00364. The summed E-state index contributed by atoms with van der Waals surface area (Å²) in [5.41, 5.74) is 4.17. The summed E-state index contributed by atoms with van der Waals surface area (Å²) < 4.78 is 0. The third-order valence-electron chi connectivity index (χ3n) is 5.40. The molecule has 0 bridgehead atoms. The Labute approximate surface area is 147 Å². The number of fused-ring (bicyclic) bond motifs is 2. The van der Waals surface area contributed by atoms with Gasteiger partial charge in [-0.25, -0.2) is 4.79 Å². The second kappa shape index (κ2) is 5.62. The van der Waals surface area contributed by atoms with Crippen LogP contribution in [0.15, 0.2) is 42.5 Å². The topological polar surface area (TPSA) is 61.4 Å². The monoisotopic (exact) mass is 335 g/mol. The molecule has 1 saturated heterocycles. The molecule has 25 heavy (non-hydrogen) atoms. The third kappa shape index (κ3) is 2.38. The minimum atomic E-state index is -0.616. The van der Waals surface area contributed by atoms with E-state index in [9.17, 15) is 9.59 Å². The summed E-state index contributed by atoms with van der Waals surface area (Å²) in [6.07, 6.45) is 0.649. The Morgan fingerprint density at radius 1 is 1.12 bits per heavy atom. The third-order valence-corrected chi connectivity index (χ3v) is 5.40. The van der Waals surface area contributed by atoms with Crippen molar-refractivity contribution in [1.82, 2.24) is 4.90 Å². The van der Waals surface area contributed by atoms with Crippen LogP contribution in [0.2, 0.25) is 0 Å². The Morgan fingerprint density at radius 2 is 1.84 bits per heavy atom. The first-order valence-corrected chi connectivity index (χ1v) is 8.54. The highest BCUT2D eigenvalue weighted by Gasteiger charge is 2.51. The fraction of sp³-hybridized carbons (Fsp3) is 0.300. The SMILES string of the molecule is Cc1cccc(C)c1NC(=O)N1CCC2(C1)C(=O)Nc1ccccc12. The van der Waals surface area contributed by atoms with E-state index < -0.39 is 5.41 Å². The predicted molar refractivity (Wildman–Crippen MR) is 97.9 cm³/mol. The number of carbonyl (C=O) groups excluding carboxylic acids is 2. The van der Waals surface area contributed by atoms with Crippen LogP contribution in [0.3, 0.4) is 0 Å². The minimum Gasteiger partial charge on any atom is -0.325 e. The van der Waals surface area contributed by atoms with Crippen LogP contribution in [0, 0.1) is 13.8 Å². The molecule has 2 heterocycles. The number of rotatable bonds is 1. The molecule has 1 spiro atoms. The van der Waals surface area contributed by atoms with E-state index in [-0.39, 0.29) is 11.9 Å². The van der Waals surface area contributed by atoms with Gasteiger partial charge in [-0.1, -0.05) is 36.4 Å². The van der Waals surface area contributed by atoms with Crippen LogP contribution in [-0.2, 0) is 10.2 Å². The lowest BCUT2D eigenvalue weighted by Crippen LogP contribution is -2.40. The molecule has 2 aromatic carbocycles. The first-order chi connectivity index (χ1) is 12.0. The number of benzene rings is 2. The highest BCUT2D eigenvalue weighted by atomic mass is 16.2. The van der Waals surface area contributed by atoms with Crippen LogP contribution < -0.4 is 10.6 Å². The van der Waals surface area contributed by atoms with Gasteiger partial charge in [0.15, 0.2) is 0 Å². The van der Waals surface area contributed by atoms with Crippen molar-refractivity contribution < 1.29 is 9.59 Å². The summed E-state index contributed by atoms with van der Waals surface area (Å²) in [6.45, 7) is 4.94. The van der Waals surface area contributed by atoms with E-state index >= 15 is 0 Å². The molecule has 2 N–H and O–H groups in total. The quantitative estimate of drug-likeness (QED) is 0.839. The Bertz CT molecular complexity index is 857. The molecule has 128 valence electrons. The number of urea groups is 1. The van der Waals surface area contributed by atoms with Crippen molar-refractivity contribution in [1.29, 1.82) is 0 Å². The van der Waals surface area contributed by atoms with Gasteiger partial charge in [0.2, 0.25) is 5.91 Å². The first kappa shape index (κ1) is 15.7. The van der Waals surface area contributed by atoms with Gasteiger partial charge in [0.25, 0.3) is 0 Å². The molecule has 0 aliphatic carbocycles. The lowest BCUT2D eigenvalue weighted by molar-refractivity contribution is -0.120. The molecule has 2 aliphatic heterocycles. The summed E-state index contributed by atoms with van der Waals surface area (Å²) in [5, 5.41) is 5.98. The van der Waals surface area contributed by atoms with Crippen LogP contribution in [0.4, 0.5) is 16.2 Å². The standard InChI is InChI=1S/C20H21N3O2/c1-13-6-5-7-14(2)17(13)22-19(25)23-11-10-20(12-23)15-8-3-4-9-16(15)21-18(20)24/h3-9H,10-12H2,1-2H3,(H,21,24)(H,22,25). The van der Waals surface area contributed by atoms with Crippen molar-refractivity contribution in [2.24, 2.45) is 0 Å². The van der Waals surface area contributed by atoms with Crippen molar-refractivity contribution in [2.45, 2.75) is 25.7 Å². The Balaban J connectivity index is 1.57. The van der Waals surface area contributed by atoms with Gasteiger partial charge in [0.05, 0.1) is 5.41 Å². The second-order valence-corrected chi connectivity index (χ2v) is 6.95. The molecule has 0 radical (unpaired) electrons. The van der Waals surface area contributed by atoms with E-state index in [1.807, 2.05) is 56.3 Å². The van der Waals surface area contributed by atoms with E-state index in [0.29, 0.717) is 19.5 Å². The maximum atomic E-state index is 12.8. The van der Waals surface area contributed by atoms with Gasteiger partial charge in [-0.2, -0.15) is 0 Å². The van der Waals surface area contributed by atoms with E-state index in [4.69, 9.17) is 0 Å². The summed E-state index contributed by atoms with van der Waals surface area (Å²) in [7, 11) is 0. The first-order valence-electron chi connectivity index (χ1n) is 8.54. The largest absolute Gasteiger partial charge is 0.325 e. The number of anilines is 2. The molecule has 3 amide bonds. The summed E-state index contributed by atoms with van der Waals surface area (Å²) in [5.74, 6) is -0.00364. The number of hydrogen-bond acceptors (Lipinski definition) is 2. The fourth-order valence-electron chi connectivity index (χ4n) is 3.96. The second-order valence-electron chi connectivity index (χ2n) is 6.95. The Hall–Kier alpha value is -2.82. The molecule has 5 nitrogen and oxygen atoms in total. The van der Waals surface area contributed by atoms with Gasteiger partial charge in [-0.15, -0.1) is 0 Å². The van der Waals surface area contributed by atoms with E-state index in [1.165, 1.54) is 0 Å². The number of nitrogens with zero attached hydrogens (tertiary/aromatic N) is 1. The number of likely N-dealkylation sites (tertiary alicyclic amines) is 1. The van der Waals surface area contributed by atoms with Gasteiger partial charge >= 0.3 is 6.03 Å². The smallest absolute Gasteiger partial charge is 0.321 e. The van der Waals surface area contributed by atoms with Gasteiger partial charge in [0.1, 0.15) is 0 Å². The lowest BCUT2D eigenvalue weighted by Gasteiger charge is -2.23. The van der Waals surface area contributed by atoms with Crippen LogP contribution in [-0.4, -0.2) is 29.9 Å². The van der Waals surface area contributed by atoms with E-state index in [0.717, 1.165) is 28.1 Å². The summed E-state index contributed by atoms with van der Waals surface area (Å²) >= 11 is 0. The Morgan fingerprint density at radius 3 is 2.60 bits per heavy atom. The van der Waals surface area contributed by atoms with Gasteiger partial charge in [-0.05, 0) is 43.0 Å². The van der Waals surface area contributed by atoms with Gasteiger partial charge in [0, 0.05) is 24.5 Å². The average molecular weight is 335 g/mol. The Kier molecular flexibility index (Phi) is 3.53. The maximum absolute atomic E-state index is 12.8. The van der Waals surface area contributed by atoms with Crippen molar-refractivity contribution in [3.8, 4) is 0 Å². The highest BCUT2D eigenvalue weighted by molar-refractivity contribution is 6.07. The molecule has 0 saturated carbocycles. The molecule has 2 aromatic rings. The van der Waals surface area contributed by atoms with Crippen LogP contribution in [0.1, 0.15) is 23.1 Å². The zero-order chi connectivity index (χ0) is 17.6. The number of nitrogens with one attached hydrogen (secondary N) is 2. The molecule has 1 atom stereocenters. The molecule has 2 aliphatic rings. The van der Waals surface area contributed by atoms with Crippen molar-refractivity contribution in [3.05, 3.63) is 59.2 Å². The fourth-order valence-corrected chi connectivity index (χ4v) is 3.96. The molecule has 5 heteroatoms. The molecule has 1 fully saturated rings. The number of amides is 3. The molecular formula is C20H21N3O2. The lowest BCUT2D eigenvalue weighted by atomic mass is 9.81. The average Bonchev–Trinajstić information content (AvgIpc) is 3.15. The molecule has 0 aromatic heterocycles. The van der Waals surface area contributed by atoms with Crippen molar-refractivity contribution in [2.75, 3.05) is 23.7 Å². The zero-order valence-electron chi connectivity index (χ0n) is 14.4. The van der Waals surface area contributed by atoms with Gasteiger partial charge in [-0.3, -0.25) is 4.79 Å². The number of para-hydroxylation sites is 2. The maximum Gasteiger partial charge on any atom is 0.321 e. The van der Waals surface area contributed by atoms with Crippen molar-refractivity contribution >= 4 is 23.3 Å². The molecule has 4 rings (SSSR count). The predicted octanol–water partition coefficient (Wildman–Crippen LogP) is 3.43. The van der Waals surface area contributed by atoms with E-state index in [2.05, 4.69) is 10.6 Å². The van der Waals surface area contributed by atoms with Crippen LogP contribution >= 0.6 is 0 Å². The summed E-state index contributed by atoms with van der Waals surface area (Å²) in [4.78, 5) is 27.1. The van der Waals surface area contributed by atoms with Crippen molar-refractivity contribution in [3.63, 3.8) is 0 Å². The molecular weight excluding hydrogens is 314 g/mol. The zero-order valence-corrected chi connectivity index (χ0v) is 14.4.